The zero-order chi connectivity index (χ0) is 29.2. The van der Waals surface area contributed by atoms with Crippen LogP contribution in [0.5, 0.6) is 5.75 Å². The summed E-state index contributed by atoms with van der Waals surface area (Å²) in [6.07, 6.45) is 16.0. The van der Waals surface area contributed by atoms with Crippen LogP contribution in [0.15, 0.2) is 52.3 Å². The second-order valence-corrected chi connectivity index (χ2v) is 11.9. The number of carbonyl (C=O) groups excluding carboxylic acids is 2. The third-order valence-corrected chi connectivity index (χ3v) is 7.59. The molecule has 1 aliphatic rings. The fraction of sp³-hybridized carbons (Fsp3) is 0.556. The third-order valence-electron chi connectivity index (χ3n) is 5.78. The molecule has 0 saturated heterocycles. The van der Waals surface area contributed by atoms with Gasteiger partial charge in [0, 0.05) is 12.8 Å². The second kappa shape index (κ2) is 18.8. The van der Waals surface area contributed by atoms with E-state index >= 15 is 0 Å². The monoisotopic (exact) mass is 587 g/mol. The van der Waals surface area contributed by atoms with Crippen LogP contribution in [0.4, 0.5) is 0 Å². The number of ketones is 1. The van der Waals surface area contributed by atoms with Crippen LogP contribution in [0.25, 0.3) is 0 Å². The zero-order valence-corrected chi connectivity index (χ0v) is 24.1. The van der Waals surface area contributed by atoms with E-state index in [1.54, 1.807) is 6.07 Å². The Morgan fingerprint density at radius 3 is 2.03 bits per heavy atom. The standard InChI is InChI=1S/C21H35NO5S.C6H6O4S/c1-2-3-4-5-6-7-12-17-22-18-13-8-9-16-21(23)27-19-14-10-11-15-20(19)28(24,25)26;7-5-3-1-2-4-6(5)11(8,9)10/h10-11,14-15,22H,2-9,12-13,16-18H2,1H3,(H,24,25,26);1-2,4H,3H2,(H,8,9,10). The number of nitrogens with one attached hydrogen (secondary N) is 1. The summed E-state index contributed by atoms with van der Waals surface area (Å²) in [7, 11) is -8.73. The highest BCUT2D eigenvalue weighted by Gasteiger charge is 2.22. The van der Waals surface area contributed by atoms with Crippen molar-refractivity contribution in [3.05, 3.63) is 47.4 Å². The van der Waals surface area contributed by atoms with E-state index in [2.05, 4.69) is 12.2 Å². The van der Waals surface area contributed by atoms with Crippen LogP contribution in [-0.4, -0.2) is 50.8 Å². The van der Waals surface area contributed by atoms with E-state index in [9.17, 15) is 26.4 Å². The summed E-state index contributed by atoms with van der Waals surface area (Å²) in [6.45, 7) is 4.22. The molecule has 2 rings (SSSR count). The maximum Gasteiger partial charge on any atom is 0.311 e. The van der Waals surface area contributed by atoms with E-state index in [-0.39, 0.29) is 18.6 Å². The topological polar surface area (TPSA) is 164 Å². The first-order valence-electron chi connectivity index (χ1n) is 13.3. The van der Waals surface area contributed by atoms with Gasteiger partial charge in [0.1, 0.15) is 9.80 Å². The Balaban J connectivity index is 0.000000573. The number of rotatable bonds is 17. The summed E-state index contributed by atoms with van der Waals surface area (Å²) in [5.74, 6) is -1.20. The molecular formula is C27H41NO9S2. The van der Waals surface area contributed by atoms with Crippen molar-refractivity contribution in [2.24, 2.45) is 0 Å². The number of unbranched alkanes of at least 4 members (excludes halogenated alkanes) is 8. The molecule has 10 nitrogen and oxygen atoms in total. The molecule has 39 heavy (non-hydrogen) atoms. The lowest BCUT2D eigenvalue weighted by Gasteiger charge is -2.08. The molecule has 1 aliphatic carbocycles. The molecule has 1 aromatic carbocycles. The van der Waals surface area contributed by atoms with Gasteiger partial charge in [-0.3, -0.25) is 18.7 Å². The number of esters is 1. The number of benzene rings is 1. The van der Waals surface area contributed by atoms with Gasteiger partial charge in [-0.1, -0.05) is 76.2 Å². The minimum absolute atomic E-state index is 0.0334. The molecule has 1 aromatic rings. The van der Waals surface area contributed by atoms with Crippen LogP contribution in [0.3, 0.4) is 0 Å². The van der Waals surface area contributed by atoms with Crippen LogP contribution in [-0.2, 0) is 29.8 Å². The number of Topliss-reactive ketones (excluding diaryl/α,β-unsaturated/α-hetero) is 1. The fourth-order valence-electron chi connectivity index (χ4n) is 3.70. The molecule has 0 fully saturated rings. The van der Waals surface area contributed by atoms with Gasteiger partial charge >= 0.3 is 5.97 Å². The Morgan fingerprint density at radius 1 is 0.872 bits per heavy atom. The molecule has 0 saturated carbocycles. The number of hydrogen-bond acceptors (Lipinski definition) is 8. The van der Waals surface area contributed by atoms with Gasteiger partial charge in [-0.2, -0.15) is 16.8 Å². The Hall–Kier alpha value is -2.38. The predicted octanol–water partition coefficient (Wildman–Crippen LogP) is 5.03. The van der Waals surface area contributed by atoms with Crippen molar-refractivity contribution in [2.45, 2.75) is 88.9 Å². The van der Waals surface area contributed by atoms with Crippen LogP contribution in [0, 0.1) is 0 Å². The highest BCUT2D eigenvalue weighted by atomic mass is 32.2. The van der Waals surface area contributed by atoms with Crippen molar-refractivity contribution < 1.29 is 40.3 Å². The Morgan fingerprint density at radius 2 is 1.46 bits per heavy atom. The van der Waals surface area contributed by atoms with Gasteiger partial charge in [0.25, 0.3) is 20.2 Å². The summed E-state index contributed by atoms with van der Waals surface area (Å²) in [4.78, 5) is 21.7. The van der Waals surface area contributed by atoms with E-state index in [4.69, 9.17) is 13.8 Å². The molecule has 0 heterocycles. The third kappa shape index (κ3) is 15.7. The van der Waals surface area contributed by atoms with E-state index in [1.165, 1.54) is 75.3 Å². The number of allylic oxidation sites excluding steroid dienone is 4. The number of hydrogen-bond donors (Lipinski definition) is 3. The number of ether oxygens (including phenoxy) is 1. The van der Waals surface area contributed by atoms with Crippen molar-refractivity contribution in [2.75, 3.05) is 13.1 Å². The summed E-state index contributed by atoms with van der Waals surface area (Å²) >= 11 is 0. The zero-order valence-electron chi connectivity index (χ0n) is 22.5. The highest BCUT2D eigenvalue weighted by Crippen LogP contribution is 2.23. The maximum atomic E-state index is 11.9. The average Bonchev–Trinajstić information content (AvgIpc) is 2.86. The van der Waals surface area contributed by atoms with E-state index in [1.807, 2.05) is 0 Å². The van der Waals surface area contributed by atoms with Gasteiger partial charge in [0.05, 0.1) is 0 Å². The highest BCUT2D eigenvalue weighted by molar-refractivity contribution is 7.90. The van der Waals surface area contributed by atoms with Crippen molar-refractivity contribution in [1.29, 1.82) is 0 Å². The van der Waals surface area contributed by atoms with E-state index < -0.39 is 41.8 Å². The van der Waals surface area contributed by atoms with Crippen LogP contribution < -0.4 is 10.1 Å². The van der Waals surface area contributed by atoms with Gasteiger partial charge < -0.3 is 10.1 Å². The molecule has 0 aromatic heterocycles. The van der Waals surface area contributed by atoms with Gasteiger partial charge in [-0.05, 0) is 50.6 Å². The molecule has 0 aliphatic heterocycles. The number of para-hydroxylation sites is 1. The Bertz CT molecular complexity index is 1170. The van der Waals surface area contributed by atoms with Crippen molar-refractivity contribution in [1.82, 2.24) is 5.32 Å². The van der Waals surface area contributed by atoms with Gasteiger partial charge in [-0.15, -0.1) is 0 Å². The van der Waals surface area contributed by atoms with E-state index in [0.717, 1.165) is 32.0 Å². The average molecular weight is 588 g/mol. The molecular weight excluding hydrogens is 546 g/mol. The molecule has 12 heteroatoms. The van der Waals surface area contributed by atoms with Gasteiger partial charge in [0.2, 0.25) is 0 Å². The molecule has 0 unspecified atom stereocenters. The first-order valence-corrected chi connectivity index (χ1v) is 16.2. The van der Waals surface area contributed by atoms with E-state index in [0.29, 0.717) is 6.42 Å². The fourth-order valence-corrected chi connectivity index (χ4v) is 4.94. The molecule has 0 radical (unpaired) electrons. The SMILES string of the molecule is CCCCCCCCCNCCCCCC(=O)Oc1ccccc1S(=O)(=O)O.O=C1CC=CC=C1S(=O)(=O)O. The molecule has 0 bridgehead atoms. The molecule has 3 N–H and O–H groups in total. The minimum Gasteiger partial charge on any atom is -0.425 e. The Kier molecular flexibility index (Phi) is 16.7. The van der Waals surface area contributed by atoms with Crippen LogP contribution in [0.1, 0.15) is 84.0 Å². The van der Waals surface area contributed by atoms with Crippen LogP contribution >= 0.6 is 0 Å². The quantitative estimate of drug-likeness (QED) is 0.0975. The summed E-state index contributed by atoms with van der Waals surface area (Å²) in [5.41, 5.74) is 0. The second-order valence-electron chi connectivity index (χ2n) is 9.14. The first-order chi connectivity index (χ1) is 18.5. The van der Waals surface area contributed by atoms with Crippen molar-refractivity contribution in [3.8, 4) is 5.75 Å². The normalized spacial score (nSPS) is 13.4. The van der Waals surface area contributed by atoms with Crippen LogP contribution in [0.2, 0.25) is 0 Å². The summed E-state index contributed by atoms with van der Waals surface area (Å²) < 4.78 is 66.1. The van der Waals surface area contributed by atoms with Crippen molar-refractivity contribution in [3.63, 3.8) is 0 Å². The number of carbonyl (C=O) groups is 2. The van der Waals surface area contributed by atoms with Gasteiger partial charge in [-0.25, -0.2) is 0 Å². The lowest BCUT2D eigenvalue weighted by molar-refractivity contribution is -0.134. The first kappa shape index (κ1) is 34.6. The predicted molar refractivity (Wildman–Crippen MR) is 150 cm³/mol. The summed E-state index contributed by atoms with van der Waals surface area (Å²) in [5, 5.41) is 3.43. The van der Waals surface area contributed by atoms with Crippen molar-refractivity contribution >= 4 is 32.0 Å². The summed E-state index contributed by atoms with van der Waals surface area (Å²) in [6, 6.07) is 5.57. The molecule has 0 atom stereocenters. The smallest absolute Gasteiger partial charge is 0.311 e. The molecule has 0 spiro atoms. The Labute approximate surface area is 232 Å². The van der Waals surface area contributed by atoms with Gasteiger partial charge in [0.15, 0.2) is 11.5 Å². The minimum atomic E-state index is -4.41. The maximum absolute atomic E-state index is 11.9. The molecule has 220 valence electrons. The lowest BCUT2D eigenvalue weighted by atomic mass is 10.1. The largest absolute Gasteiger partial charge is 0.425 e. The lowest BCUT2D eigenvalue weighted by Crippen LogP contribution is -2.16. The molecule has 0 amide bonds.